The van der Waals surface area contributed by atoms with E-state index in [9.17, 15) is 5.11 Å². The highest BCUT2D eigenvalue weighted by molar-refractivity contribution is 4.93. The van der Waals surface area contributed by atoms with Gasteiger partial charge in [-0.05, 0) is 20.8 Å². The Morgan fingerprint density at radius 1 is 1.36 bits per heavy atom. The fourth-order valence-electron chi connectivity index (χ4n) is 2.40. The monoisotopic (exact) mass is 201 g/mol. The number of β-amino-alcohol motifs (C(OH)–C–C–N with tert-alkyl or cyclic N) is 1. The number of hydrogen-bond acceptors (Lipinski definition) is 4. The minimum atomic E-state index is -0.528. The maximum Gasteiger partial charge on any atom is 0.163 e. The van der Waals surface area contributed by atoms with E-state index in [0.717, 1.165) is 0 Å². The third-order valence-electron chi connectivity index (χ3n) is 2.90. The summed E-state index contributed by atoms with van der Waals surface area (Å²) in [5, 5.41) is 12.8. The van der Waals surface area contributed by atoms with Crippen LogP contribution in [-0.4, -0.2) is 41.8 Å². The number of hydrogen-bond donors (Lipinski definition) is 2. The van der Waals surface area contributed by atoms with E-state index in [2.05, 4.69) is 5.32 Å². The molecule has 0 amide bonds. The molecule has 0 aromatic rings. The van der Waals surface area contributed by atoms with Crippen LogP contribution in [0.2, 0.25) is 0 Å². The van der Waals surface area contributed by atoms with Crippen LogP contribution >= 0.6 is 0 Å². The second-order valence-corrected chi connectivity index (χ2v) is 4.70. The molecule has 0 saturated carbocycles. The van der Waals surface area contributed by atoms with Crippen LogP contribution in [0.3, 0.4) is 0 Å². The van der Waals surface area contributed by atoms with Crippen LogP contribution in [-0.2, 0) is 9.47 Å². The number of ether oxygens (including phenoxy) is 2. The highest BCUT2D eigenvalue weighted by Crippen LogP contribution is 2.30. The first-order valence-electron chi connectivity index (χ1n) is 5.25. The van der Waals surface area contributed by atoms with Crippen LogP contribution in [0.4, 0.5) is 0 Å². The minimum absolute atomic E-state index is 0.0671. The van der Waals surface area contributed by atoms with Gasteiger partial charge in [0.1, 0.15) is 0 Å². The van der Waals surface area contributed by atoms with Crippen molar-refractivity contribution in [1.82, 2.24) is 5.32 Å². The first-order valence-corrected chi connectivity index (χ1v) is 5.25. The van der Waals surface area contributed by atoms with Gasteiger partial charge in [0.05, 0.1) is 24.4 Å². The van der Waals surface area contributed by atoms with E-state index in [1.165, 1.54) is 0 Å². The summed E-state index contributed by atoms with van der Waals surface area (Å²) < 4.78 is 11.5. The van der Waals surface area contributed by atoms with E-state index in [-0.39, 0.29) is 24.4 Å². The molecule has 2 heterocycles. The number of aliphatic hydroxyl groups excluding tert-OH is 1. The molecular weight excluding hydrogens is 182 g/mol. The molecular formula is C10H19NO3. The predicted molar refractivity (Wildman–Crippen MR) is 51.9 cm³/mol. The molecule has 2 N–H and O–H groups in total. The Balaban J connectivity index is 2.08. The first kappa shape index (κ1) is 10.4. The SMILES string of the molecule is C[C@@H]1OC(C)(C)O[C@H]2C[C@@H](O)CNC12. The Kier molecular flexibility index (Phi) is 2.55. The molecule has 0 aliphatic carbocycles. The average molecular weight is 201 g/mol. The summed E-state index contributed by atoms with van der Waals surface area (Å²) in [7, 11) is 0. The van der Waals surface area contributed by atoms with Crippen molar-refractivity contribution in [3.63, 3.8) is 0 Å². The third kappa shape index (κ3) is 1.93. The summed E-state index contributed by atoms with van der Waals surface area (Å²) in [4.78, 5) is 0. The van der Waals surface area contributed by atoms with Gasteiger partial charge in [0, 0.05) is 13.0 Å². The lowest BCUT2D eigenvalue weighted by Crippen LogP contribution is -2.63. The van der Waals surface area contributed by atoms with E-state index in [4.69, 9.17) is 9.47 Å². The number of piperidine rings is 1. The normalized spacial score (nSPS) is 47.1. The zero-order valence-corrected chi connectivity index (χ0v) is 8.99. The van der Waals surface area contributed by atoms with Crippen LogP contribution in [0.25, 0.3) is 0 Å². The van der Waals surface area contributed by atoms with Gasteiger partial charge in [0.25, 0.3) is 0 Å². The summed E-state index contributed by atoms with van der Waals surface area (Å²) in [6.45, 7) is 6.52. The van der Waals surface area contributed by atoms with E-state index in [0.29, 0.717) is 13.0 Å². The van der Waals surface area contributed by atoms with Gasteiger partial charge in [-0.2, -0.15) is 0 Å². The molecule has 0 radical (unpaired) electrons. The lowest BCUT2D eigenvalue weighted by molar-refractivity contribution is -0.313. The van der Waals surface area contributed by atoms with Crippen LogP contribution < -0.4 is 5.32 Å². The zero-order chi connectivity index (χ0) is 10.3. The Morgan fingerprint density at radius 2 is 2.07 bits per heavy atom. The summed E-state index contributed by atoms with van der Waals surface area (Å²) >= 11 is 0. The second kappa shape index (κ2) is 3.45. The molecule has 2 fully saturated rings. The second-order valence-electron chi connectivity index (χ2n) is 4.70. The standard InChI is InChI=1S/C10H19NO3/c1-6-9-8(4-7(12)5-11-9)14-10(2,3)13-6/h6-9,11-12H,4-5H2,1-3H3/t6-,7+,8-,9?/m0/s1. The number of rotatable bonds is 0. The van der Waals surface area contributed by atoms with Gasteiger partial charge < -0.3 is 19.9 Å². The number of aliphatic hydroxyl groups is 1. The van der Waals surface area contributed by atoms with Gasteiger partial charge in [-0.25, -0.2) is 0 Å². The molecule has 1 unspecified atom stereocenters. The van der Waals surface area contributed by atoms with Crippen molar-refractivity contribution in [3.05, 3.63) is 0 Å². The number of nitrogens with one attached hydrogen (secondary N) is 1. The molecule has 4 nitrogen and oxygen atoms in total. The van der Waals surface area contributed by atoms with Crippen molar-refractivity contribution >= 4 is 0 Å². The summed E-state index contributed by atoms with van der Waals surface area (Å²) in [6.07, 6.45) is 0.612. The lowest BCUT2D eigenvalue weighted by atomic mass is 9.93. The molecule has 0 aromatic carbocycles. The summed E-state index contributed by atoms with van der Waals surface area (Å²) in [6, 6.07) is 0.214. The third-order valence-corrected chi connectivity index (χ3v) is 2.90. The molecule has 2 aliphatic rings. The molecule has 14 heavy (non-hydrogen) atoms. The molecule has 2 rings (SSSR count). The maximum atomic E-state index is 9.52. The maximum absolute atomic E-state index is 9.52. The molecule has 4 atom stereocenters. The van der Waals surface area contributed by atoms with Gasteiger partial charge in [-0.1, -0.05) is 0 Å². The van der Waals surface area contributed by atoms with Gasteiger partial charge in [0.2, 0.25) is 0 Å². The highest BCUT2D eigenvalue weighted by atomic mass is 16.7. The van der Waals surface area contributed by atoms with Crippen LogP contribution in [0.5, 0.6) is 0 Å². The average Bonchev–Trinajstić information content (AvgIpc) is 2.00. The topological polar surface area (TPSA) is 50.7 Å². The number of fused-ring (bicyclic) bond motifs is 1. The van der Waals surface area contributed by atoms with E-state index in [1.54, 1.807) is 0 Å². The van der Waals surface area contributed by atoms with Crippen molar-refractivity contribution in [2.75, 3.05) is 6.54 Å². The van der Waals surface area contributed by atoms with Crippen molar-refractivity contribution in [2.45, 2.75) is 57.3 Å². The Bertz CT molecular complexity index is 219. The lowest BCUT2D eigenvalue weighted by Gasteiger charge is -2.48. The van der Waals surface area contributed by atoms with E-state index in [1.807, 2.05) is 20.8 Å². The van der Waals surface area contributed by atoms with Crippen LogP contribution in [0.1, 0.15) is 27.2 Å². The van der Waals surface area contributed by atoms with Crippen molar-refractivity contribution < 1.29 is 14.6 Å². The van der Waals surface area contributed by atoms with Gasteiger partial charge >= 0.3 is 0 Å². The fourth-order valence-corrected chi connectivity index (χ4v) is 2.40. The van der Waals surface area contributed by atoms with Crippen LogP contribution in [0.15, 0.2) is 0 Å². The molecule has 0 bridgehead atoms. The van der Waals surface area contributed by atoms with Gasteiger partial charge in [-0.15, -0.1) is 0 Å². The molecule has 0 spiro atoms. The Hall–Kier alpha value is -0.160. The minimum Gasteiger partial charge on any atom is -0.392 e. The molecule has 82 valence electrons. The Morgan fingerprint density at radius 3 is 2.79 bits per heavy atom. The Labute approximate surface area is 84.6 Å². The first-order chi connectivity index (χ1) is 6.48. The van der Waals surface area contributed by atoms with E-state index < -0.39 is 5.79 Å². The molecule has 0 aromatic heterocycles. The van der Waals surface area contributed by atoms with E-state index >= 15 is 0 Å². The zero-order valence-electron chi connectivity index (χ0n) is 8.99. The van der Waals surface area contributed by atoms with Gasteiger partial charge in [-0.3, -0.25) is 0 Å². The highest BCUT2D eigenvalue weighted by Gasteiger charge is 2.43. The van der Waals surface area contributed by atoms with Gasteiger partial charge in [0.15, 0.2) is 5.79 Å². The molecule has 4 heteroatoms. The summed E-state index contributed by atoms with van der Waals surface area (Å²) in [5.41, 5.74) is 0. The largest absolute Gasteiger partial charge is 0.392 e. The summed E-state index contributed by atoms with van der Waals surface area (Å²) in [5.74, 6) is -0.528. The fraction of sp³-hybridized carbons (Fsp3) is 1.00. The smallest absolute Gasteiger partial charge is 0.163 e. The molecule has 2 aliphatic heterocycles. The van der Waals surface area contributed by atoms with Crippen LogP contribution in [0, 0.1) is 0 Å². The van der Waals surface area contributed by atoms with Crippen molar-refractivity contribution in [2.24, 2.45) is 0 Å². The molecule has 2 saturated heterocycles. The predicted octanol–water partition coefficient (Wildman–Crippen LogP) is 0.249. The quantitative estimate of drug-likeness (QED) is 0.590. The van der Waals surface area contributed by atoms with Crippen molar-refractivity contribution in [1.29, 1.82) is 0 Å². The van der Waals surface area contributed by atoms with Crippen molar-refractivity contribution in [3.8, 4) is 0 Å².